The zero-order chi connectivity index (χ0) is 18.7. The smallest absolute Gasteiger partial charge is 0.239 e. The zero-order valence-electron chi connectivity index (χ0n) is 16.0. The van der Waals surface area contributed by atoms with Gasteiger partial charge in [0.15, 0.2) is 5.76 Å². The van der Waals surface area contributed by atoms with Crippen LogP contribution in [0.5, 0.6) is 0 Å². The first-order chi connectivity index (χ1) is 12.4. The second kappa shape index (κ2) is 8.18. The highest BCUT2D eigenvalue weighted by molar-refractivity contribution is 5.82. The van der Waals surface area contributed by atoms with Crippen LogP contribution in [0.2, 0.25) is 0 Å². The number of piperazine rings is 2. The van der Waals surface area contributed by atoms with Crippen molar-refractivity contribution in [3.63, 3.8) is 0 Å². The highest BCUT2D eigenvalue weighted by Gasteiger charge is 2.31. The van der Waals surface area contributed by atoms with Gasteiger partial charge in [0, 0.05) is 65.3 Å². The number of hydrogen-bond donors (Lipinski definition) is 0. The fraction of sp³-hybridized carbons (Fsp3) is 0.722. The van der Waals surface area contributed by atoms with Crippen molar-refractivity contribution in [3.05, 3.63) is 17.5 Å². The second-order valence-electron chi connectivity index (χ2n) is 7.25. The summed E-state index contributed by atoms with van der Waals surface area (Å²) in [6.45, 7) is 12.4. The van der Waals surface area contributed by atoms with E-state index in [4.69, 9.17) is 4.52 Å². The summed E-state index contributed by atoms with van der Waals surface area (Å²) in [7, 11) is 0. The van der Waals surface area contributed by atoms with Gasteiger partial charge in [-0.15, -0.1) is 0 Å². The number of rotatable bonds is 4. The predicted molar refractivity (Wildman–Crippen MR) is 96.4 cm³/mol. The van der Waals surface area contributed by atoms with E-state index in [2.05, 4.69) is 15.0 Å². The lowest BCUT2D eigenvalue weighted by Crippen LogP contribution is -2.57. The number of aryl methyl sites for hydroxylation is 1. The molecule has 2 saturated heterocycles. The molecule has 0 aliphatic carbocycles. The molecule has 0 aromatic carbocycles. The van der Waals surface area contributed by atoms with Crippen molar-refractivity contribution < 1.29 is 14.1 Å². The number of nitrogens with zero attached hydrogens (tertiary/aromatic N) is 5. The minimum atomic E-state index is -0.117. The Bertz CT molecular complexity index is 631. The molecule has 0 radical (unpaired) electrons. The number of carbonyl (C=O) groups is 2. The van der Waals surface area contributed by atoms with E-state index >= 15 is 0 Å². The molecule has 26 heavy (non-hydrogen) atoms. The van der Waals surface area contributed by atoms with Crippen LogP contribution in [-0.4, -0.2) is 95.0 Å². The van der Waals surface area contributed by atoms with Crippen LogP contribution in [0.1, 0.15) is 25.3 Å². The lowest BCUT2D eigenvalue weighted by Gasteiger charge is -2.40. The van der Waals surface area contributed by atoms with Crippen molar-refractivity contribution in [1.29, 1.82) is 0 Å². The number of carbonyl (C=O) groups excluding carboxylic acids is 2. The molecule has 0 saturated carbocycles. The minimum absolute atomic E-state index is 0.0863. The highest BCUT2D eigenvalue weighted by atomic mass is 16.5. The van der Waals surface area contributed by atoms with Gasteiger partial charge >= 0.3 is 0 Å². The van der Waals surface area contributed by atoms with E-state index < -0.39 is 0 Å². The molecule has 1 unspecified atom stereocenters. The normalized spacial score (nSPS) is 21.0. The van der Waals surface area contributed by atoms with Crippen LogP contribution in [0.4, 0.5) is 0 Å². The molecule has 0 spiro atoms. The standard InChI is InChI=1S/C18H29N5O3/c1-14-12-17(26-19-14)13-20-4-6-21(7-5-20)15(2)18(25)23-10-8-22(9-11-23)16(3)24/h12,15H,4-11,13H2,1-3H3. The first-order valence-corrected chi connectivity index (χ1v) is 9.37. The van der Waals surface area contributed by atoms with Gasteiger partial charge in [-0.3, -0.25) is 19.4 Å². The largest absolute Gasteiger partial charge is 0.360 e. The van der Waals surface area contributed by atoms with E-state index in [1.807, 2.05) is 24.8 Å². The number of hydrogen-bond acceptors (Lipinski definition) is 6. The average Bonchev–Trinajstić information content (AvgIpc) is 3.06. The first-order valence-electron chi connectivity index (χ1n) is 9.37. The Morgan fingerprint density at radius 2 is 1.69 bits per heavy atom. The Hall–Kier alpha value is -1.93. The molecule has 1 atom stereocenters. The fourth-order valence-electron chi connectivity index (χ4n) is 3.68. The van der Waals surface area contributed by atoms with E-state index in [0.29, 0.717) is 26.2 Å². The third-order valence-corrected chi connectivity index (χ3v) is 5.40. The zero-order valence-corrected chi connectivity index (χ0v) is 16.0. The Balaban J connectivity index is 1.45. The van der Waals surface area contributed by atoms with Gasteiger partial charge in [0.25, 0.3) is 0 Å². The summed E-state index contributed by atoms with van der Waals surface area (Å²) in [6.07, 6.45) is 0. The third kappa shape index (κ3) is 4.42. The van der Waals surface area contributed by atoms with Crippen LogP contribution in [0.15, 0.2) is 10.6 Å². The monoisotopic (exact) mass is 363 g/mol. The summed E-state index contributed by atoms with van der Waals surface area (Å²) in [5.41, 5.74) is 0.905. The molecule has 144 valence electrons. The first kappa shape index (κ1) is 18.8. The summed E-state index contributed by atoms with van der Waals surface area (Å²) < 4.78 is 5.29. The lowest BCUT2D eigenvalue weighted by molar-refractivity contribution is -0.142. The Morgan fingerprint density at radius 3 is 2.23 bits per heavy atom. The van der Waals surface area contributed by atoms with Gasteiger partial charge in [-0.2, -0.15) is 0 Å². The summed E-state index contributed by atoms with van der Waals surface area (Å²) >= 11 is 0. The van der Waals surface area contributed by atoms with E-state index in [0.717, 1.165) is 44.2 Å². The molecule has 1 aromatic heterocycles. The van der Waals surface area contributed by atoms with Crippen molar-refractivity contribution in [2.45, 2.75) is 33.4 Å². The molecular formula is C18H29N5O3. The molecule has 0 N–H and O–H groups in total. The van der Waals surface area contributed by atoms with E-state index in [-0.39, 0.29) is 17.9 Å². The Morgan fingerprint density at radius 1 is 1.08 bits per heavy atom. The minimum Gasteiger partial charge on any atom is -0.360 e. The molecule has 3 heterocycles. The van der Waals surface area contributed by atoms with Crippen LogP contribution in [0.3, 0.4) is 0 Å². The van der Waals surface area contributed by atoms with Gasteiger partial charge in [0.1, 0.15) is 0 Å². The lowest BCUT2D eigenvalue weighted by atomic mass is 10.1. The van der Waals surface area contributed by atoms with E-state index in [1.54, 1.807) is 11.8 Å². The van der Waals surface area contributed by atoms with Gasteiger partial charge < -0.3 is 14.3 Å². The van der Waals surface area contributed by atoms with Gasteiger partial charge in [0.2, 0.25) is 11.8 Å². The molecule has 2 aliphatic heterocycles. The maximum Gasteiger partial charge on any atom is 0.239 e. The van der Waals surface area contributed by atoms with Crippen molar-refractivity contribution in [1.82, 2.24) is 24.8 Å². The Kier molecular flexibility index (Phi) is 5.93. The summed E-state index contributed by atoms with van der Waals surface area (Å²) in [5, 5.41) is 3.93. The SMILES string of the molecule is CC(=O)N1CCN(C(=O)C(C)N2CCN(Cc3cc(C)no3)CC2)CC1. The van der Waals surface area contributed by atoms with E-state index in [9.17, 15) is 9.59 Å². The van der Waals surface area contributed by atoms with Gasteiger partial charge in [0.05, 0.1) is 18.3 Å². The fourth-order valence-corrected chi connectivity index (χ4v) is 3.68. The number of amides is 2. The molecule has 3 rings (SSSR count). The molecule has 2 fully saturated rings. The van der Waals surface area contributed by atoms with Crippen molar-refractivity contribution in [2.75, 3.05) is 52.4 Å². The van der Waals surface area contributed by atoms with Crippen molar-refractivity contribution >= 4 is 11.8 Å². The average molecular weight is 363 g/mol. The second-order valence-corrected chi connectivity index (χ2v) is 7.25. The van der Waals surface area contributed by atoms with Crippen molar-refractivity contribution in [2.24, 2.45) is 0 Å². The maximum atomic E-state index is 12.8. The molecular weight excluding hydrogens is 334 g/mol. The Labute approximate surface area is 154 Å². The third-order valence-electron chi connectivity index (χ3n) is 5.40. The topological polar surface area (TPSA) is 73.1 Å². The van der Waals surface area contributed by atoms with Crippen LogP contribution < -0.4 is 0 Å². The maximum absolute atomic E-state index is 12.8. The van der Waals surface area contributed by atoms with Crippen LogP contribution >= 0.6 is 0 Å². The summed E-state index contributed by atoms with van der Waals surface area (Å²) in [4.78, 5) is 32.5. The summed E-state index contributed by atoms with van der Waals surface area (Å²) in [6, 6.07) is 1.85. The molecule has 1 aromatic rings. The number of aromatic nitrogens is 1. The van der Waals surface area contributed by atoms with Gasteiger partial charge in [-0.05, 0) is 13.8 Å². The van der Waals surface area contributed by atoms with E-state index in [1.165, 1.54) is 0 Å². The van der Waals surface area contributed by atoms with Crippen LogP contribution in [0.25, 0.3) is 0 Å². The predicted octanol–water partition coefficient (Wildman–Crippen LogP) is 0.180. The van der Waals surface area contributed by atoms with Gasteiger partial charge in [-0.1, -0.05) is 5.16 Å². The molecule has 0 bridgehead atoms. The molecule has 2 amide bonds. The highest BCUT2D eigenvalue weighted by Crippen LogP contribution is 2.14. The van der Waals surface area contributed by atoms with Crippen molar-refractivity contribution in [3.8, 4) is 0 Å². The quantitative estimate of drug-likeness (QED) is 0.760. The van der Waals surface area contributed by atoms with Crippen LogP contribution in [-0.2, 0) is 16.1 Å². The molecule has 8 nitrogen and oxygen atoms in total. The molecule has 8 heteroatoms. The van der Waals surface area contributed by atoms with Crippen LogP contribution in [0, 0.1) is 6.92 Å². The van der Waals surface area contributed by atoms with Gasteiger partial charge in [-0.25, -0.2) is 0 Å². The summed E-state index contributed by atoms with van der Waals surface area (Å²) in [5.74, 6) is 1.15. The molecule has 2 aliphatic rings.